The van der Waals surface area contributed by atoms with Gasteiger partial charge in [0.1, 0.15) is 6.54 Å². The average molecular weight is 256 g/mol. The SMILES string of the molecule is CCC1CNCCN1C(=O)Cn1[nH]nnc1=S. The number of H-pyrrole nitrogens is 1. The highest BCUT2D eigenvalue weighted by Gasteiger charge is 2.25. The fourth-order valence-electron chi connectivity index (χ4n) is 2.00. The normalized spacial score (nSPS) is 20.5. The van der Waals surface area contributed by atoms with E-state index >= 15 is 0 Å². The zero-order chi connectivity index (χ0) is 12.3. The summed E-state index contributed by atoms with van der Waals surface area (Å²) < 4.78 is 1.79. The summed E-state index contributed by atoms with van der Waals surface area (Å²) in [5.74, 6) is 0.0560. The average Bonchev–Trinajstić information content (AvgIpc) is 2.75. The van der Waals surface area contributed by atoms with Crippen LogP contribution in [0.5, 0.6) is 0 Å². The molecular weight excluding hydrogens is 240 g/mol. The Hall–Kier alpha value is -1.28. The Labute approximate surface area is 104 Å². The number of hydrogen-bond acceptors (Lipinski definition) is 5. The van der Waals surface area contributed by atoms with Gasteiger partial charge in [-0.25, -0.2) is 4.68 Å². The molecule has 1 saturated heterocycles. The van der Waals surface area contributed by atoms with Crippen molar-refractivity contribution in [2.24, 2.45) is 0 Å². The first-order chi connectivity index (χ1) is 8.22. The molecule has 8 heteroatoms. The van der Waals surface area contributed by atoms with Crippen LogP contribution in [0.3, 0.4) is 0 Å². The van der Waals surface area contributed by atoms with E-state index in [4.69, 9.17) is 12.2 Å². The lowest BCUT2D eigenvalue weighted by atomic mass is 10.1. The zero-order valence-electron chi connectivity index (χ0n) is 9.72. The molecule has 1 aromatic rings. The van der Waals surface area contributed by atoms with Crippen molar-refractivity contribution < 1.29 is 4.79 Å². The molecule has 7 nitrogen and oxygen atoms in total. The number of aromatic amines is 1. The minimum absolute atomic E-state index is 0.0560. The van der Waals surface area contributed by atoms with Crippen molar-refractivity contribution in [1.82, 2.24) is 30.4 Å². The van der Waals surface area contributed by atoms with E-state index in [1.165, 1.54) is 4.68 Å². The molecule has 0 aliphatic carbocycles. The Balaban J connectivity index is 2.04. The third-order valence-corrected chi connectivity index (χ3v) is 3.27. The second-order valence-corrected chi connectivity index (χ2v) is 4.39. The molecular formula is C9H16N6OS. The maximum atomic E-state index is 12.1. The van der Waals surface area contributed by atoms with Gasteiger partial charge in [0, 0.05) is 25.7 Å². The Morgan fingerprint density at radius 1 is 1.65 bits per heavy atom. The topological polar surface area (TPSA) is 78.8 Å². The fourth-order valence-corrected chi connectivity index (χ4v) is 2.15. The van der Waals surface area contributed by atoms with Crippen LogP contribution in [0.25, 0.3) is 0 Å². The highest BCUT2D eigenvalue weighted by molar-refractivity contribution is 7.71. The van der Waals surface area contributed by atoms with Crippen molar-refractivity contribution in [1.29, 1.82) is 0 Å². The molecule has 0 aromatic carbocycles. The molecule has 1 unspecified atom stereocenters. The number of piperazine rings is 1. The molecule has 0 saturated carbocycles. The van der Waals surface area contributed by atoms with Gasteiger partial charge >= 0.3 is 0 Å². The van der Waals surface area contributed by atoms with E-state index in [9.17, 15) is 4.79 Å². The summed E-state index contributed by atoms with van der Waals surface area (Å²) in [7, 11) is 0. The first kappa shape index (κ1) is 12.2. The molecule has 1 aromatic heterocycles. The molecule has 1 aliphatic heterocycles. The molecule has 2 heterocycles. The third kappa shape index (κ3) is 2.70. The van der Waals surface area contributed by atoms with Crippen LogP contribution in [0, 0.1) is 4.77 Å². The molecule has 2 rings (SSSR count). The van der Waals surface area contributed by atoms with Gasteiger partial charge in [-0.2, -0.15) is 5.21 Å². The number of tetrazole rings is 1. The first-order valence-corrected chi connectivity index (χ1v) is 6.11. The molecule has 94 valence electrons. The van der Waals surface area contributed by atoms with Crippen LogP contribution < -0.4 is 5.32 Å². The van der Waals surface area contributed by atoms with Gasteiger partial charge in [-0.1, -0.05) is 17.2 Å². The van der Waals surface area contributed by atoms with Crippen molar-refractivity contribution in [3.05, 3.63) is 4.77 Å². The Morgan fingerprint density at radius 3 is 3.12 bits per heavy atom. The smallest absolute Gasteiger partial charge is 0.244 e. The number of hydrogen-bond donors (Lipinski definition) is 2. The summed E-state index contributed by atoms with van der Waals surface area (Å²) in [4.78, 5) is 14.0. The van der Waals surface area contributed by atoms with Crippen molar-refractivity contribution >= 4 is 18.1 Å². The van der Waals surface area contributed by atoms with E-state index in [1.807, 2.05) is 4.90 Å². The lowest BCUT2D eigenvalue weighted by molar-refractivity contribution is -0.135. The molecule has 1 fully saturated rings. The maximum absolute atomic E-state index is 12.1. The van der Waals surface area contributed by atoms with E-state index < -0.39 is 0 Å². The van der Waals surface area contributed by atoms with Gasteiger partial charge in [-0.05, 0) is 18.6 Å². The van der Waals surface area contributed by atoms with Crippen molar-refractivity contribution in [3.63, 3.8) is 0 Å². The van der Waals surface area contributed by atoms with Gasteiger partial charge in [-0.3, -0.25) is 4.79 Å². The minimum Gasteiger partial charge on any atom is -0.336 e. The predicted molar refractivity (Wildman–Crippen MR) is 63.9 cm³/mol. The van der Waals surface area contributed by atoms with Crippen LogP contribution in [0.2, 0.25) is 0 Å². The number of nitrogens with zero attached hydrogens (tertiary/aromatic N) is 4. The summed E-state index contributed by atoms with van der Waals surface area (Å²) in [6.45, 7) is 4.71. The zero-order valence-corrected chi connectivity index (χ0v) is 10.5. The summed E-state index contributed by atoms with van der Waals surface area (Å²) in [6, 6.07) is 0.265. The molecule has 0 spiro atoms. The van der Waals surface area contributed by atoms with Crippen LogP contribution in [-0.2, 0) is 11.3 Å². The number of aromatic nitrogens is 4. The highest BCUT2D eigenvalue weighted by atomic mass is 32.1. The predicted octanol–water partition coefficient (Wildman–Crippen LogP) is -0.454. The maximum Gasteiger partial charge on any atom is 0.244 e. The fraction of sp³-hybridized carbons (Fsp3) is 0.778. The molecule has 0 radical (unpaired) electrons. The van der Waals surface area contributed by atoms with Crippen LogP contribution in [0.4, 0.5) is 0 Å². The minimum atomic E-state index is 0.0560. The van der Waals surface area contributed by atoms with Gasteiger partial charge in [0.15, 0.2) is 0 Å². The molecule has 1 aliphatic rings. The Kier molecular flexibility index (Phi) is 3.85. The highest BCUT2D eigenvalue weighted by Crippen LogP contribution is 2.08. The van der Waals surface area contributed by atoms with E-state index in [1.54, 1.807) is 0 Å². The van der Waals surface area contributed by atoms with Gasteiger partial charge in [0.2, 0.25) is 10.7 Å². The van der Waals surface area contributed by atoms with Gasteiger partial charge in [0.05, 0.1) is 0 Å². The van der Waals surface area contributed by atoms with Gasteiger partial charge in [0.25, 0.3) is 0 Å². The first-order valence-electron chi connectivity index (χ1n) is 5.70. The number of carbonyl (C=O) groups is 1. The van der Waals surface area contributed by atoms with Crippen LogP contribution in [-0.4, -0.2) is 56.7 Å². The van der Waals surface area contributed by atoms with Gasteiger partial charge < -0.3 is 10.2 Å². The third-order valence-electron chi connectivity index (χ3n) is 2.97. The summed E-state index contributed by atoms with van der Waals surface area (Å²) in [6.07, 6.45) is 0.950. The van der Waals surface area contributed by atoms with Crippen LogP contribution in [0.15, 0.2) is 0 Å². The van der Waals surface area contributed by atoms with E-state index in [0.717, 1.165) is 26.1 Å². The summed E-state index contributed by atoms with van der Waals surface area (Å²) in [5, 5.41) is 13.1. The monoisotopic (exact) mass is 256 g/mol. The lowest BCUT2D eigenvalue weighted by Crippen LogP contribution is -2.54. The van der Waals surface area contributed by atoms with E-state index in [-0.39, 0.29) is 18.5 Å². The molecule has 2 N–H and O–H groups in total. The Morgan fingerprint density at radius 2 is 2.47 bits per heavy atom. The molecule has 1 amide bonds. The van der Waals surface area contributed by atoms with Crippen molar-refractivity contribution in [3.8, 4) is 0 Å². The second-order valence-electron chi connectivity index (χ2n) is 4.02. The Bertz CT molecular complexity index is 441. The van der Waals surface area contributed by atoms with E-state index in [0.29, 0.717) is 4.77 Å². The lowest BCUT2D eigenvalue weighted by Gasteiger charge is -2.35. The van der Waals surface area contributed by atoms with Gasteiger partial charge in [-0.15, -0.1) is 0 Å². The number of nitrogens with one attached hydrogen (secondary N) is 2. The second kappa shape index (κ2) is 5.37. The quantitative estimate of drug-likeness (QED) is 0.716. The number of rotatable bonds is 3. The van der Waals surface area contributed by atoms with E-state index in [2.05, 4.69) is 27.8 Å². The standard InChI is InChI=1S/C9H16N6OS/c1-2-7-5-10-3-4-14(7)8(16)6-15-9(17)11-12-13-15/h7,10H,2-6H2,1H3,(H,11,13,17). The number of amides is 1. The molecule has 0 bridgehead atoms. The number of carbonyl (C=O) groups excluding carboxylic acids is 1. The summed E-state index contributed by atoms with van der Waals surface area (Å²) in [5.41, 5.74) is 0. The van der Waals surface area contributed by atoms with Crippen LogP contribution in [0.1, 0.15) is 13.3 Å². The molecule has 1 atom stereocenters. The molecule has 17 heavy (non-hydrogen) atoms. The largest absolute Gasteiger partial charge is 0.336 e. The summed E-state index contributed by atoms with van der Waals surface area (Å²) >= 11 is 4.94. The van der Waals surface area contributed by atoms with Crippen molar-refractivity contribution in [2.45, 2.75) is 25.9 Å². The van der Waals surface area contributed by atoms with Crippen molar-refractivity contribution in [2.75, 3.05) is 19.6 Å². The van der Waals surface area contributed by atoms with Crippen LogP contribution >= 0.6 is 12.2 Å².